The van der Waals surface area contributed by atoms with Crippen molar-refractivity contribution in [2.24, 2.45) is 0 Å². The Morgan fingerprint density at radius 3 is 3.11 bits per heavy atom. The van der Waals surface area contributed by atoms with Crippen LogP contribution in [0.4, 0.5) is 0 Å². The molecule has 0 aromatic heterocycles. The summed E-state index contributed by atoms with van der Waals surface area (Å²) in [6.45, 7) is 7.24. The SMILES string of the molecule is CCCOc1cccc(C(=O)N2CCNC(C)C2)c1. The average Bonchev–Trinajstić information content (AvgIpc) is 2.44. The fourth-order valence-corrected chi connectivity index (χ4v) is 2.24. The first-order valence-corrected chi connectivity index (χ1v) is 6.96. The second-order valence-electron chi connectivity index (χ2n) is 4.98. The fourth-order valence-electron chi connectivity index (χ4n) is 2.24. The van der Waals surface area contributed by atoms with Crippen molar-refractivity contribution in [2.75, 3.05) is 26.2 Å². The Kier molecular flexibility index (Phi) is 4.80. The summed E-state index contributed by atoms with van der Waals surface area (Å²) < 4.78 is 5.57. The van der Waals surface area contributed by atoms with Crippen LogP contribution in [-0.2, 0) is 0 Å². The molecule has 1 heterocycles. The number of hydrogen-bond acceptors (Lipinski definition) is 3. The van der Waals surface area contributed by atoms with Crippen LogP contribution < -0.4 is 10.1 Å². The molecule has 1 saturated heterocycles. The summed E-state index contributed by atoms with van der Waals surface area (Å²) >= 11 is 0. The van der Waals surface area contributed by atoms with Gasteiger partial charge in [-0.25, -0.2) is 0 Å². The minimum atomic E-state index is 0.0929. The molecule has 0 saturated carbocycles. The van der Waals surface area contributed by atoms with Crippen LogP contribution in [0.5, 0.6) is 5.75 Å². The summed E-state index contributed by atoms with van der Waals surface area (Å²) in [6.07, 6.45) is 0.966. The van der Waals surface area contributed by atoms with Gasteiger partial charge in [-0.3, -0.25) is 4.79 Å². The van der Waals surface area contributed by atoms with Crippen LogP contribution in [0.2, 0.25) is 0 Å². The van der Waals surface area contributed by atoms with Crippen molar-refractivity contribution in [2.45, 2.75) is 26.3 Å². The molecule has 1 atom stereocenters. The van der Waals surface area contributed by atoms with E-state index in [1.54, 1.807) is 0 Å². The van der Waals surface area contributed by atoms with E-state index in [4.69, 9.17) is 4.74 Å². The lowest BCUT2D eigenvalue weighted by Crippen LogP contribution is -2.51. The number of hydrogen-bond donors (Lipinski definition) is 1. The third-order valence-electron chi connectivity index (χ3n) is 3.21. The largest absolute Gasteiger partial charge is 0.494 e. The zero-order valence-corrected chi connectivity index (χ0v) is 11.7. The normalized spacial score (nSPS) is 19.3. The standard InChI is InChI=1S/C15H22N2O2/c1-3-9-19-14-6-4-5-13(10-14)15(18)17-8-7-16-12(2)11-17/h4-6,10,12,16H,3,7-9,11H2,1-2H3. The number of nitrogens with zero attached hydrogens (tertiary/aromatic N) is 1. The van der Waals surface area contributed by atoms with Crippen LogP contribution in [0.3, 0.4) is 0 Å². The lowest BCUT2D eigenvalue weighted by molar-refractivity contribution is 0.0708. The maximum Gasteiger partial charge on any atom is 0.254 e. The molecule has 1 N–H and O–H groups in total. The molecule has 4 nitrogen and oxygen atoms in total. The fraction of sp³-hybridized carbons (Fsp3) is 0.533. The lowest BCUT2D eigenvalue weighted by Gasteiger charge is -2.32. The van der Waals surface area contributed by atoms with Crippen molar-refractivity contribution < 1.29 is 9.53 Å². The van der Waals surface area contributed by atoms with Gasteiger partial charge < -0.3 is 15.0 Å². The topological polar surface area (TPSA) is 41.6 Å². The van der Waals surface area contributed by atoms with E-state index < -0.39 is 0 Å². The van der Waals surface area contributed by atoms with Crippen molar-refractivity contribution in [3.05, 3.63) is 29.8 Å². The Morgan fingerprint density at radius 1 is 1.53 bits per heavy atom. The highest BCUT2D eigenvalue weighted by atomic mass is 16.5. The molecule has 1 aromatic carbocycles. The third-order valence-corrected chi connectivity index (χ3v) is 3.21. The molecule has 104 valence electrons. The van der Waals surface area contributed by atoms with Gasteiger partial charge in [0.15, 0.2) is 0 Å². The Morgan fingerprint density at radius 2 is 2.37 bits per heavy atom. The second kappa shape index (κ2) is 6.57. The minimum Gasteiger partial charge on any atom is -0.494 e. The Hall–Kier alpha value is -1.55. The monoisotopic (exact) mass is 262 g/mol. The molecule has 1 aromatic rings. The zero-order chi connectivity index (χ0) is 13.7. The van der Waals surface area contributed by atoms with Crippen molar-refractivity contribution >= 4 is 5.91 Å². The predicted octanol–water partition coefficient (Wildman–Crippen LogP) is 1.91. The van der Waals surface area contributed by atoms with Crippen LogP contribution >= 0.6 is 0 Å². The van der Waals surface area contributed by atoms with Gasteiger partial charge in [0.2, 0.25) is 0 Å². The van der Waals surface area contributed by atoms with E-state index in [9.17, 15) is 4.79 Å². The highest BCUT2D eigenvalue weighted by Crippen LogP contribution is 2.16. The summed E-state index contributed by atoms with van der Waals surface area (Å²) in [7, 11) is 0. The zero-order valence-electron chi connectivity index (χ0n) is 11.7. The first kappa shape index (κ1) is 13.9. The molecule has 0 bridgehead atoms. The van der Waals surface area contributed by atoms with Gasteiger partial charge in [0.05, 0.1) is 6.61 Å². The highest BCUT2D eigenvalue weighted by molar-refractivity contribution is 5.94. The Labute approximate surface area is 114 Å². The van der Waals surface area contributed by atoms with Gasteiger partial charge in [-0.2, -0.15) is 0 Å². The summed E-state index contributed by atoms with van der Waals surface area (Å²) in [5, 5.41) is 3.34. The van der Waals surface area contributed by atoms with Gasteiger partial charge in [-0.1, -0.05) is 13.0 Å². The first-order valence-electron chi connectivity index (χ1n) is 6.96. The smallest absolute Gasteiger partial charge is 0.254 e. The molecular formula is C15H22N2O2. The molecule has 0 spiro atoms. The molecule has 1 fully saturated rings. The van der Waals surface area contributed by atoms with Crippen LogP contribution in [-0.4, -0.2) is 43.1 Å². The van der Waals surface area contributed by atoms with Gasteiger partial charge in [-0.05, 0) is 31.5 Å². The minimum absolute atomic E-state index is 0.0929. The van der Waals surface area contributed by atoms with Crippen molar-refractivity contribution in [1.82, 2.24) is 10.2 Å². The summed E-state index contributed by atoms with van der Waals surface area (Å²) in [5.41, 5.74) is 0.711. The predicted molar refractivity (Wildman–Crippen MR) is 75.6 cm³/mol. The van der Waals surface area contributed by atoms with Gasteiger partial charge in [0.1, 0.15) is 5.75 Å². The van der Waals surface area contributed by atoms with E-state index in [1.807, 2.05) is 29.2 Å². The number of carbonyl (C=O) groups is 1. The van der Waals surface area contributed by atoms with E-state index in [0.717, 1.165) is 31.8 Å². The van der Waals surface area contributed by atoms with E-state index in [2.05, 4.69) is 19.2 Å². The summed E-state index contributed by atoms with van der Waals surface area (Å²) in [5.74, 6) is 0.867. The number of carbonyl (C=O) groups excluding carboxylic acids is 1. The molecule has 1 aliphatic rings. The summed E-state index contributed by atoms with van der Waals surface area (Å²) in [4.78, 5) is 14.3. The lowest BCUT2D eigenvalue weighted by atomic mass is 10.1. The maximum absolute atomic E-state index is 12.4. The van der Waals surface area contributed by atoms with E-state index >= 15 is 0 Å². The van der Waals surface area contributed by atoms with Crippen LogP contribution in [0.25, 0.3) is 0 Å². The highest BCUT2D eigenvalue weighted by Gasteiger charge is 2.21. The van der Waals surface area contributed by atoms with Gasteiger partial charge in [0, 0.05) is 31.2 Å². The number of benzene rings is 1. The molecule has 0 aliphatic carbocycles. The van der Waals surface area contributed by atoms with Crippen molar-refractivity contribution in [3.8, 4) is 5.75 Å². The molecule has 1 aliphatic heterocycles. The first-order chi connectivity index (χ1) is 9.20. The van der Waals surface area contributed by atoms with Crippen LogP contribution in [0, 0.1) is 0 Å². The van der Waals surface area contributed by atoms with E-state index in [0.29, 0.717) is 18.2 Å². The van der Waals surface area contributed by atoms with Crippen molar-refractivity contribution in [3.63, 3.8) is 0 Å². The van der Waals surface area contributed by atoms with Gasteiger partial charge >= 0.3 is 0 Å². The quantitative estimate of drug-likeness (QED) is 0.901. The van der Waals surface area contributed by atoms with Crippen LogP contribution in [0.15, 0.2) is 24.3 Å². The van der Waals surface area contributed by atoms with Gasteiger partial charge in [-0.15, -0.1) is 0 Å². The van der Waals surface area contributed by atoms with E-state index in [1.165, 1.54) is 0 Å². The van der Waals surface area contributed by atoms with Crippen LogP contribution in [0.1, 0.15) is 30.6 Å². The van der Waals surface area contributed by atoms with Gasteiger partial charge in [0.25, 0.3) is 5.91 Å². The molecule has 19 heavy (non-hydrogen) atoms. The Balaban J connectivity index is 2.05. The molecule has 2 rings (SSSR count). The number of ether oxygens (including phenoxy) is 1. The third kappa shape index (κ3) is 3.70. The molecule has 4 heteroatoms. The molecule has 0 radical (unpaired) electrons. The molecule has 1 amide bonds. The Bertz CT molecular complexity index is 434. The molecular weight excluding hydrogens is 240 g/mol. The second-order valence-corrected chi connectivity index (χ2v) is 4.98. The number of piperazine rings is 1. The van der Waals surface area contributed by atoms with Crippen molar-refractivity contribution in [1.29, 1.82) is 0 Å². The number of rotatable bonds is 4. The maximum atomic E-state index is 12.4. The average molecular weight is 262 g/mol. The number of amides is 1. The molecule has 1 unspecified atom stereocenters. The van der Waals surface area contributed by atoms with E-state index in [-0.39, 0.29) is 5.91 Å². The number of nitrogens with one attached hydrogen (secondary N) is 1. The summed E-state index contributed by atoms with van der Waals surface area (Å²) in [6, 6.07) is 7.83.